The summed E-state index contributed by atoms with van der Waals surface area (Å²) in [4.78, 5) is 4.36. The van der Waals surface area contributed by atoms with Crippen molar-refractivity contribution >= 4 is 16.1 Å². The Balaban J connectivity index is 1.61. The van der Waals surface area contributed by atoms with E-state index in [-0.39, 0.29) is 37.4 Å². The van der Waals surface area contributed by atoms with Crippen LogP contribution in [0.4, 0.5) is 17.6 Å². The molecule has 0 bridgehead atoms. The first-order valence-corrected chi connectivity index (χ1v) is 12.6. The van der Waals surface area contributed by atoms with Crippen molar-refractivity contribution in [2.24, 2.45) is 28.3 Å². The van der Waals surface area contributed by atoms with Gasteiger partial charge in [-0.2, -0.15) is 0 Å². The van der Waals surface area contributed by atoms with E-state index in [9.17, 15) is 26.0 Å². The number of nitrogens with zero attached hydrogens (tertiary/aromatic N) is 1. The van der Waals surface area contributed by atoms with Gasteiger partial charge in [-0.3, -0.25) is 9.37 Å². The van der Waals surface area contributed by atoms with Crippen LogP contribution in [0.2, 0.25) is 0 Å². The average molecular weight is 483 g/mol. The van der Waals surface area contributed by atoms with Crippen molar-refractivity contribution in [3.05, 3.63) is 60.2 Å². The maximum atomic E-state index is 14.4. The van der Waals surface area contributed by atoms with Gasteiger partial charge in [0.15, 0.2) is 0 Å². The molecule has 1 aromatic heterocycles. The monoisotopic (exact) mass is 482 g/mol. The predicted molar refractivity (Wildman–Crippen MR) is 119 cm³/mol. The molecule has 178 valence electrons. The van der Waals surface area contributed by atoms with E-state index in [0.29, 0.717) is 11.3 Å². The molecule has 0 amide bonds. The van der Waals surface area contributed by atoms with Crippen molar-refractivity contribution in [3.63, 3.8) is 0 Å². The fraction of sp³-hybridized carbons (Fsp3) is 0.458. The third kappa shape index (κ3) is 5.30. The lowest BCUT2D eigenvalue weighted by Crippen LogP contribution is -2.39. The number of halogens is 4. The summed E-state index contributed by atoms with van der Waals surface area (Å²) < 4.78 is 79.7. The Labute approximate surface area is 191 Å². The molecule has 2 saturated carbocycles. The number of sulfonamides is 1. The normalized spacial score (nSPS) is 29.3. The van der Waals surface area contributed by atoms with Gasteiger partial charge >= 0.3 is 0 Å². The quantitative estimate of drug-likeness (QED) is 0.574. The Hall–Kier alpha value is -2.26. The zero-order valence-electron chi connectivity index (χ0n) is 17.9. The summed E-state index contributed by atoms with van der Waals surface area (Å²) in [6.07, 6.45) is 4.56. The average Bonchev–Trinajstić information content (AvgIpc) is 3.02. The van der Waals surface area contributed by atoms with E-state index in [1.165, 1.54) is 12.1 Å². The topological polar surface area (TPSA) is 73.1 Å². The number of fused-ring (bicyclic) bond motifs is 1. The first-order valence-electron chi connectivity index (χ1n) is 10.8. The SMILES string of the molecule is NS(=O)(=O)CC1(CF)C[C@@H]2CC(F)(F)CC[C@H]2[C@@H]1/C=C/c1ccc(-c2cccc(F)c2)cn1. The van der Waals surface area contributed by atoms with E-state index in [1.54, 1.807) is 42.6 Å². The van der Waals surface area contributed by atoms with Gasteiger partial charge in [-0.25, -0.2) is 26.7 Å². The zero-order valence-corrected chi connectivity index (χ0v) is 18.7. The standard InChI is InChI=1S/C24H26F4N2O2S/c25-14-23(15-33(29,31)32)11-18-12-24(27,28)9-8-21(18)22(23)7-6-20-5-4-17(13-30-20)16-2-1-3-19(26)10-16/h1-7,10,13,18,21-22H,8-9,11-12,14-15H2,(H2,29,31,32)/b7-6+/t18-,21-,22+,23?/m1/s1. The molecule has 33 heavy (non-hydrogen) atoms. The van der Waals surface area contributed by atoms with Crippen molar-refractivity contribution in [1.82, 2.24) is 4.98 Å². The first kappa shape index (κ1) is 23.9. The first-order chi connectivity index (χ1) is 15.5. The van der Waals surface area contributed by atoms with Crippen LogP contribution in [0.5, 0.6) is 0 Å². The second kappa shape index (κ2) is 8.83. The van der Waals surface area contributed by atoms with Crippen LogP contribution in [0.25, 0.3) is 17.2 Å². The third-order valence-corrected chi connectivity index (χ3v) is 8.00. The van der Waals surface area contributed by atoms with Crippen molar-refractivity contribution < 1.29 is 26.0 Å². The summed E-state index contributed by atoms with van der Waals surface area (Å²) in [5.74, 6) is -5.03. The van der Waals surface area contributed by atoms with Crippen molar-refractivity contribution in [2.45, 2.75) is 31.6 Å². The summed E-state index contributed by atoms with van der Waals surface area (Å²) in [5, 5.41) is 5.27. The smallest absolute Gasteiger partial charge is 0.248 e. The Morgan fingerprint density at radius 1 is 1.15 bits per heavy atom. The molecule has 2 aliphatic rings. The Morgan fingerprint density at radius 3 is 2.58 bits per heavy atom. The summed E-state index contributed by atoms with van der Waals surface area (Å²) in [5.41, 5.74) is 0.600. The maximum Gasteiger partial charge on any atom is 0.248 e. The molecule has 0 radical (unpaired) electrons. The van der Waals surface area contributed by atoms with E-state index in [2.05, 4.69) is 4.98 Å². The molecule has 4 rings (SSSR count). The molecular formula is C24H26F4N2O2S. The highest BCUT2D eigenvalue weighted by Gasteiger charge is 2.57. The summed E-state index contributed by atoms with van der Waals surface area (Å²) in [6, 6.07) is 9.60. The van der Waals surface area contributed by atoms with E-state index >= 15 is 0 Å². The van der Waals surface area contributed by atoms with Crippen LogP contribution in [-0.2, 0) is 10.0 Å². The number of hydrogen-bond acceptors (Lipinski definition) is 3. The second-order valence-corrected chi connectivity index (χ2v) is 11.0. The molecular weight excluding hydrogens is 456 g/mol. The number of allylic oxidation sites excluding steroid dienone is 1. The molecule has 1 unspecified atom stereocenters. The molecule has 2 fully saturated rings. The fourth-order valence-corrected chi connectivity index (χ4v) is 6.88. The molecule has 2 aromatic rings. The summed E-state index contributed by atoms with van der Waals surface area (Å²) in [7, 11) is -4.01. The predicted octanol–water partition coefficient (Wildman–Crippen LogP) is 5.22. The van der Waals surface area contributed by atoms with Crippen LogP contribution in [0.1, 0.15) is 31.4 Å². The zero-order chi connectivity index (χ0) is 23.9. The minimum atomic E-state index is -4.01. The molecule has 4 nitrogen and oxygen atoms in total. The number of aromatic nitrogens is 1. The van der Waals surface area contributed by atoms with Gasteiger partial charge in [-0.05, 0) is 60.4 Å². The lowest BCUT2D eigenvalue weighted by molar-refractivity contribution is -0.0659. The Bertz CT molecular complexity index is 1140. The molecule has 2 N–H and O–H groups in total. The number of hydrogen-bond donors (Lipinski definition) is 1. The molecule has 4 atom stereocenters. The van der Waals surface area contributed by atoms with E-state index in [0.717, 1.165) is 5.56 Å². The van der Waals surface area contributed by atoms with Gasteiger partial charge in [-0.15, -0.1) is 0 Å². The maximum absolute atomic E-state index is 14.4. The van der Waals surface area contributed by atoms with Crippen LogP contribution in [0, 0.1) is 29.0 Å². The number of nitrogens with two attached hydrogens (primary N) is 1. The van der Waals surface area contributed by atoms with Gasteiger partial charge in [0.25, 0.3) is 0 Å². The lowest BCUT2D eigenvalue weighted by atomic mass is 9.73. The molecule has 1 aromatic carbocycles. The van der Waals surface area contributed by atoms with Crippen LogP contribution >= 0.6 is 0 Å². The Morgan fingerprint density at radius 2 is 1.94 bits per heavy atom. The van der Waals surface area contributed by atoms with Gasteiger partial charge < -0.3 is 0 Å². The number of benzene rings is 1. The summed E-state index contributed by atoms with van der Waals surface area (Å²) in [6.45, 7) is -0.955. The third-order valence-electron chi connectivity index (χ3n) is 7.02. The van der Waals surface area contributed by atoms with Crippen molar-refractivity contribution in [3.8, 4) is 11.1 Å². The highest BCUT2D eigenvalue weighted by atomic mass is 32.2. The van der Waals surface area contributed by atoms with E-state index < -0.39 is 45.6 Å². The summed E-state index contributed by atoms with van der Waals surface area (Å²) >= 11 is 0. The molecule has 9 heteroatoms. The van der Waals surface area contributed by atoms with Gasteiger partial charge in [0.2, 0.25) is 15.9 Å². The second-order valence-electron chi connectivity index (χ2n) is 9.40. The van der Waals surface area contributed by atoms with Gasteiger partial charge in [0.1, 0.15) is 5.82 Å². The highest BCUT2D eigenvalue weighted by Crippen LogP contribution is 2.59. The minimum Gasteiger partial charge on any atom is -0.256 e. The lowest BCUT2D eigenvalue weighted by Gasteiger charge is -2.35. The largest absolute Gasteiger partial charge is 0.256 e. The minimum absolute atomic E-state index is 0.0567. The van der Waals surface area contributed by atoms with Crippen LogP contribution in [0.15, 0.2) is 48.7 Å². The van der Waals surface area contributed by atoms with Crippen molar-refractivity contribution in [1.29, 1.82) is 0 Å². The number of alkyl halides is 3. The van der Waals surface area contributed by atoms with Gasteiger partial charge in [0.05, 0.1) is 18.1 Å². The number of pyridine rings is 1. The van der Waals surface area contributed by atoms with Gasteiger partial charge in [-0.1, -0.05) is 24.3 Å². The number of primary sulfonamides is 1. The molecule has 0 aliphatic heterocycles. The Kier molecular flexibility index (Phi) is 6.39. The highest BCUT2D eigenvalue weighted by molar-refractivity contribution is 7.89. The van der Waals surface area contributed by atoms with Gasteiger partial charge in [0, 0.05) is 30.0 Å². The molecule has 0 spiro atoms. The fourth-order valence-electron chi connectivity index (χ4n) is 5.69. The molecule has 2 aliphatic carbocycles. The molecule has 0 saturated heterocycles. The van der Waals surface area contributed by atoms with Crippen LogP contribution < -0.4 is 5.14 Å². The van der Waals surface area contributed by atoms with Crippen molar-refractivity contribution in [2.75, 3.05) is 12.4 Å². The van der Waals surface area contributed by atoms with E-state index in [1.807, 2.05) is 0 Å². The van der Waals surface area contributed by atoms with Crippen LogP contribution in [0.3, 0.4) is 0 Å². The number of rotatable bonds is 6. The molecule has 1 heterocycles. The van der Waals surface area contributed by atoms with E-state index in [4.69, 9.17) is 5.14 Å². The van der Waals surface area contributed by atoms with Crippen LogP contribution in [-0.4, -0.2) is 31.8 Å².